The van der Waals surface area contributed by atoms with Crippen LogP contribution in [-0.2, 0) is 11.0 Å². The predicted octanol–water partition coefficient (Wildman–Crippen LogP) is 3.82. The standard InChI is InChI=1S/C20H22F3N3O3/c21-20(22,23)16-14(13-24)7-6-8-15(16)26-17(28)19(9-2-1-3-10-19)25(18(26)29)11-4-5-12-27/h6-8,27H,1-5,9-12H2. The van der Waals surface area contributed by atoms with E-state index >= 15 is 0 Å². The van der Waals surface area contributed by atoms with Crippen LogP contribution in [0.25, 0.3) is 0 Å². The van der Waals surface area contributed by atoms with Crippen LogP contribution in [0.1, 0.15) is 56.1 Å². The zero-order valence-corrected chi connectivity index (χ0v) is 15.8. The van der Waals surface area contributed by atoms with Gasteiger partial charge in [-0.15, -0.1) is 0 Å². The summed E-state index contributed by atoms with van der Waals surface area (Å²) in [5.74, 6) is -0.660. The first-order valence-electron chi connectivity index (χ1n) is 9.65. The van der Waals surface area contributed by atoms with Crippen LogP contribution in [0.3, 0.4) is 0 Å². The number of nitrogens with zero attached hydrogens (tertiary/aromatic N) is 3. The fraction of sp³-hybridized carbons (Fsp3) is 0.550. The normalized spacial score (nSPS) is 19.1. The summed E-state index contributed by atoms with van der Waals surface area (Å²) in [6.07, 6.45) is -0.945. The van der Waals surface area contributed by atoms with Gasteiger partial charge in [0.25, 0.3) is 5.91 Å². The largest absolute Gasteiger partial charge is 0.419 e. The number of aliphatic hydroxyl groups excluding tert-OH is 1. The number of anilines is 1. The molecule has 3 amide bonds. The molecule has 3 rings (SSSR count). The van der Waals surface area contributed by atoms with E-state index in [0.717, 1.165) is 18.6 Å². The molecule has 1 N–H and O–H groups in total. The molecule has 1 aromatic rings. The number of halogens is 3. The summed E-state index contributed by atoms with van der Waals surface area (Å²) in [5, 5.41) is 18.2. The van der Waals surface area contributed by atoms with E-state index in [0.29, 0.717) is 43.4 Å². The lowest BCUT2D eigenvalue weighted by Gasteiger charge is -2.38. The number of benzene rings is 1. The van der Waals surface area contributed by atoms with Gasteiger partial charge in [-0.3, -0.25) is 4.79 Å². The van der Waals surface area contributed by atoms with Crippen molar-refractivity contribution in [2.24, 2.45) is 0 Å². The Morgan fingerprint density at radius 2 is 1.83 bits per heavy atom. The number of rotatable bonds is 5. The van der Waals surface area contributed by atoms with Crippen LogP contribution < -0.4 is 4.90 Å². The quantitative estimate of drug-likeness (QED) is 0.592. The maximum absolute atomic E-state index is 13.7. The minimum Gasteiger partial charge on any atom is -0.396 e. The molecule has 9 heteroatoms. The number of urea groups is 1. The number of unbranched alkanes of at least 4 members (excludes halogenated alkanes) is 1. The molecule has 2 aliphatic rings. The van der Waals surface area contributed by atoms with Crippen molar-refractivity contribution >= 4 is 17.6 Å². The maximum Gasteiger partial charge on any atom is 0.419 e. The van der Waals surface area contributed by atoms with Gasteiger partial charge in [-0.05, 0) is 37.8 Å². The maximum atomic E-state index is 13.7. The SMILES string of the molecule is N#Cc1cccc(N2C(=O)N(CCCCO)C3(CCCCC3)C2=O)c1C(F)(F)F. The van der Waals surface area contributed by atoms with Gasteiger partial charge in [0.2, 0.25) is 0 Å². The Kier molecular flexibility index (Phi) is 5.85. The van der Waals surface area contributed by atoms with Crippen molar-refractivity contribution in [3.63, 3.8) is 0 Å². The van der Waals surface area contributed by atoms with Gasteiger partial charge in [0.05, 0.1) is 22.9 Å². The molecule has 2 fully saturated rings. The van der Waals surface area contributed by atoms with Gasteiger partial charge in [-0.1, -0.05) is 25.3 Å². The summed E-state index contributed by atoms with van der Waals surface area (Å²) in [6.45, 7) is 0.107. The van der Waals surface area contributed by atoms with Crippen LogP contribution in [-0.4, -0.2) is 40.6 Å². The fourth-order valence-corrected chi connectivity index (χ4v) is 4.36. The predicted molar refractivity (Wildman–Crippen MR) is 97.9 cm³/mol. The van der Waals surface area contributed by atoms with Crippen molar-refractivity contribution in [2.45, 2.75) is 56.7 Å². The first kappa shape index (κ1) is 21.1. The molecule has 1 saturated carbocycles. The highest BCUT2D eigenvalue weighted by Gasteiger charge is 2.58. The Bertz CT molecular complexity index is 842. The monoisotopic (exact) mass is 409 g/mol. The van der Waals surface area contributed by atoms with E-state index in [1.165, 1.54) is 17.0 Å². The van der Waals surface area contributed by atoms with E-state index in [1.54, 1.807) is 0 Å². The molecular weight excluding hydrogens is 387 g/mol. The van der Waals surface area contributed by atoms with Gasteiger partial charge < -0.3 is 10.0 Å². The third-order valence-electron chi connectivity index (χ3n) is 5.70. The minimum atomic E-state index is -4.90. The van der Waals surface area contributed by atoms with E-state index in [-0.39, 0.29) is 13.2 Å². The molecule has 1 heterocycles. The molecule has 1 aliphatic heterocycles. The Morgan fingerprint density at radius 3 is 2.41 bits per heavy atom. The van der Waals surface area contributed by atoms with E-state index in [2.05, 4.69) is 0 Å². The summed E-state index contributed by atoms with van der Waals surface area (Å²) in [4.78, 5) is 28.5. The second-order valence-corrected chi connectivity index (χ2v) is 7.41. The van der Waals surface area contributed by atoms with Crippen LogP contribution >= 0.6 is 0 Å². The first-order valence-corrected chi connectivity index (χ1v) is 9.65. The zero-order chi connectivity index (χ0) is 21.2. The van der Waals surface area contributed by atoms with Gasteiger partial charge in [-0.2, -0.15) is 18.4 Å². The van der Waals surface area contributed by atoms with Crippen LogP contribution in [0.2, 0.25) is 0 Å². The number of hydrogen-bond acceptors (Lipinski definition) is 4. The molecule has 29 heavy (non-hydrogen) atoms. The number of alkyl halides is 3. The van der Waals surface area contributed by atoms with Crippen LogP contribution in [0.4, 0.5) is 23.7 Å². The van der Waals surface area contributed by atoms with Crippen molar-refractivity contribution in [3.8, 4) is 6.07 Å². The number of imide groups is 1. The smallest absolute Gasteiger partial charge is 0.396 e. The van der Waals surface area contributed by atoms with Crippen molar-refractivity contribution in [1.29, 1.82) is 5.26 Å². The van der Waals surface area contributed by atoms with Gasteiger partial charge in [0.1, 0.15) is 5.54 Å². The third kappa shape index (κ3) is 3.57. The highest BCUT2D eigenvalue weighted by atomic mass is 19.4. The van der Waals surface area contributed by atoms with Crippen molar-refractivity contribution < 1.29 is 27.9 Å². The molecule has 0 unspecified atom stereocenters. The molecule has 1 spiro atoms. The summed E-state index contributed by atoms with van der Waals surface area (Å²) >= 11 is 0. The number of aliphatic hydroxyl groups is 1. The Labute approximate surface area is 166 Å². The number of carbonyl (C=O) groups excluding carboxylic acids is 2. The van der Waals surface area contributed by atoms with Gasteiger partial charge >= 0.3 is 12.2 Å². The molecule has 6 nitrogen and oxygen atoms in total. The van der Waals surface area contributed by atoms with Crippen molar-refractivity contribution in [3.05, 3.63) is 29.3 Å². The van der Waals surface area contributed by atoms with Gasteiger partial charge in [0, 0.05) is 13.2 Å². The van der Waals surface area contributed by atoms with Crippen LogP contribution in [0, 0.1) is 11.3 Å². The summed E-state index contributed by atoms with van der Waals surface area (Å²) < 4.78 is 41.2. The van der Waals surface area contributed by atoms with E-state index in [4.69, 9.17) is 10.4 Å². The second kappa shape index (κ2) is 8.03. The molecule has 1 saturated heterocycles. The minimum absolute atomic E-state index is 0.0743. The summed E-state index contributed by atoms with van der Waals surface area (Å²) in [7, 11) is 0. The highest BCUT2D eigenvalue weighted by Crippen LogP contribution is 2.46. The lowest BCUT2D eigenvalue weighted by Crippen LogP contribution is -2.51. The molecule has 0 radical (unpaired) electrons. The van der Waals surface area contributed by atoms with E-state index in [1.807, 2.05) is 0 Å². The number of nitriles is 1. The number of amides is 3. The molecular formula is C20H22F3N3O3. The average Bonchev–Trinajstić information content (AvgIpc) is 2.88. The molecule has 0 atom stereocenters. The van der Waals surface area contributed by atoms with Gasteiger partial charge in [0.15, 0.2) is 0 Å². The summed E-state index contributed by atoms with van der Waals surface area (Å²) in [6, 6.07) is 4.04. The van der Waals surface area contributed by atoms with Crippen molar-refractivity contribution in [2.75, 3.05) is 18.1 Å². The van der Waals surface area contributed by atoms with Gasteiger partial charge in [-0.25, -0.2) is 9.69 Å². The highest BCUT2D eigenvalue weighted by molar-refractivity contribution is 6.23. The summed E-state index contributed by atoms with van der Waals surface area (Å²) in [5.41, 5.74) is -3.66. The van der Waals surface area contributed by atoms with Crippen molar-refractivity contribution in [1.82, 2.24) is 4.90 Å². The Balaban J connectivity index is 2.10. The van der Waals surface area contributed by atoms with E-state index < -0.39 is 40.5 Å². The average molecular weight is 409 g/mol. The second-order valence-electron chi connectivity index (χ2n) is 7.41. The molecule has 0 bridgehead atoms. The lowest BCUT2D eigenvalue weighted by molar-refractivity contribution is -0.137. The Morgan fingerprint density at radius 1 is 1.14 bits per heavy atom. The number of carbonyl (C=O) groups is 2. The Hall–Kier alpha value is -2.60. The molecule has 0 aromatic heterocycles. The fourth-order valence-electron chi connectivity index (χ4n) is 4.36. The number of hydrogen-bond donors (Lipinski definition) is 1. The third-order valence-corrected chi connectivity index (χ3v) is 5.70. The molecule has 1 aliphatic carbocycles. The zero-order valence-electron chi connectivity index (χ0n) is 15.8. The topological polar surface area (TPSA) is 84.6 Å². The van der Waals surface area contributed by atoms with Crippen LogP contribution in [0.5, 0.6) is 0 Å². The first-order chi connectivity index (χ1) is 13.8. The van der Waals surface area contributed by atoms with E-state index in [9.17, 15) is 22.8 Å². The lowest BCUT2D eigenvalue weighted by atomic mass is 9.80. The molecule has 156 valence electrons. The van der Waals surface area contributed by atoms with Crippen LogP contribution in [0.15, 0.2) is 18.2 Å². The molecule has 1 aromatic carbocycles.